The fourth-order valence-corrected chi connectivity index (χ4v) is 6.24. The molecule has 1 saturated carbocycles. The molecule has 1 aliphatic rings. The zero-order valence-electron chi connectivity index (χ0n) is 17.4. The van der Waals surface area contributed by atoms with Crippen molar-refractivity contribution >= 4 is 51.0 Å². The average Bonchev–Trinajstić information content (AvgIpc) is 3.34. The summed E-state index contributed by atoms with van der Waals surface area (Å²) in [5.74, 6) is 3.01. The van der Waals surface area contributed by atoms with Gasteiger partial charge in [-0.2, -0.15) is 0 Å². The molecule has 0 atom stereocenters. The number of rotatable bonds is 11. The molecule has 4 rings (SSSR count). The Bertz CT molecular complexity index is 965. The second-order valence-electron chi connectivity index (χ2n) is 7.45. The maximum atomic E-state index is 12.7. The van der Waals surface area contributed by atoms with Gasteiger partial charge in [-0.1, -0.05) is 42.6 Å². The number of amides is 1. The molecule has 9 heteroatoms. The van der Waals surface area contributed by atoms with Crippen LogP contribution in [0.15, 0.2) is 33.8 Å². The van der Waals surface area contributed by atoms with Gasteiger partial charge in [0.25, 0.3) is 0 Å². The lowest BCUT2D eigenvalue weighted by molar-refractivity contribution is -0.128. The predicted octanol–water partition coefficient (Wildman–Crippen LogP) is 4.94. The van der Waals surface area contributed by atoms with Crippen LogP contribution < -0.4 is 0 Å². The van der Waals surface area contributed by atoms with Crippen molar-refractivity contribution in [3.8, 4) is 0 Å². The van der Waals surface area contributed by atoms with Gasteiger partial charge >= 0.3 is 0 Å². The van der Waals surface area contributed by atoms with E-state index in [1.54, 1.807) is 23.1 Å². The van der Waals surface area contributed by atoms with Crippen LogP contribution in [0.3, 0.4) is 0 Å². The van der Waals surface area contributed by atoms with E-state index >= 15 is 0 Å². The molecule has 6 nitrogen and oxygen atoms in total. The highest BCUT2D eigenvalue weighted by atomic mass is 32.2. The van der Waals surface area contributed by atoms with Crippen molar-refractivity contribution in [2.24, 2.45) is 5.92 Å². The van der Waals surface area contributed by atoms with Gasteiger partial charge in [-0.3, -0.25) is 4.79 Å². The zero-order valence-corrected chi connectivity index (χ0v) is 19.9. The molecule has 0 unspecified atom stereocenters. The molecule has 1 fully saturated rings. The van der Waals surface area contributed by atoms with Crippen LogP contribution in [0.4, 0.5) is 0 Å². The highest BCUT2D eigenvalue weighted by molar-refractivity contribution is 8.00. The summed E-state index contributed by atoms with van der Waals surface area (Å²) in [5, 5.41) is 9.59. The molecule has 0 bridgehead atoms. The third-order valence-electron chi connectivity index (χ3n) is 5.06. The minimum atomic E-state index is 0.213. The third-order valence-corrected chi connectivity index (χ3v) is 8.18. The van der Waals surface area contributed by atoms with E-state index in [1.165, 1.54) is 29.3 Å². The monoisotopic (exact) mass is 461 g/mol. The molecule has 0 radical (unpaired) electrons. The number of hydrogen-bond donors (Lipinski definition) is 0. The SMILES string of the molecule is CCCN(CC1CC1)C(=O)CSc1nnc(CSc2nc3ccccc3s2)n1CC. The summed E-state index contributed by atoms with van der Waals surface area (Å²) in [6, 6.07) is 8.20. The summed E-state index contributed by atoms with van der Waals surface area (Å²) in [5.41, 5.74) is 1.04. The summed E-state index contributed by atoms with van der Waals surface area (Å²) < 4.78 is 4.36. The molecule has 1 aliphatic carbocycles. The molecule has 1 amide bonds. The minimum Gasteiger partial charge on any atom is -0.342 e. The quantitative estimate of drug-likeness (QED) is 0.377. The van der Waals surface area contributed by atoms with E-state index in [-0.39, 0.29) is 5.91 Å². The van der Waals surface area contributed by atoms with Crippen LogP contribution in [0.2, 0.25) is 0 Å². The van der Waals surface area contributed by atoms with E-state index < -0.39 is 0 Å². The third kappa shape index (κ3) is 5.36. The Labute approximate surface area is 189 Å². The minimum absolute atomic E-state index is 0.213. The Hall–Kier alpha value is -1.58. The average molecular weight is 462 g/mol. The summed E-state index contributed by atoms with van der Waals surface area (Å²) in [7, 11) is 0. The molecule has 0 aliphatic heterocycles. The highest BCUT2D eigenvalue weighted by Crippen LogP contribution is 2.32. The number of fused-ring (bicyclic) bond motifs is 1. The number of carbonyl (C=O) groups is 1. The number of thiazole rings is 1. The lowest BCUT2D eigenvalue weighted by Gasteiger charge is -2.21. The maximum Gasteiger partial charge on any atom is 0.233 e. The number of thioether (sulfide) groups is 2. The summed E-state index contributed by atoms with van der Waals surface area (Å²) >= 11 is 4.90. The smallest absolute Gasteiger partial charge is 0.233 e. The lowest BCUT2D eigenvalue weighted by atomic mass is 10.3. The van der Waals surface area contributed by atoms with Gasteiger partial charge < -0.3 is 9.47 Å². The van der Waals surface area contributed by atoms with Gasteiger partial charge in [0.1, 0.15) is 5.82 Å². The molecular formula is C21H27N5OS3. The van der Waals surface area contributed by atoms with Crippen LogP contribution in [0.5, 0.6) is 0 Å². The van der Waals surface area contributed by atoms with E-state index in [4.69, 9.17) is 0 Å². The van der Waals surface area contributed by atoms with Gasteiger partial charge in [-0.05, 0) is 44.2 Å². The fourth-order valence-electron chi connectivity index (χ4n) is 3.31. The molecule has 2 aromatic heterocycles. The summed E-state index contributed by atoms with van der Waals surface area (Å²) in [4.78, 5) is 19.4. The van der Waals surface area contributed by atoms with Crippen LogP contribution in [-0.2, 0) is 17.1 Å². The number of benzene rings is 1. The Morgan fingerprint density at radius 3 is 2.80 bits per heavy atom. The Morgan fingerprint density at radius 1 is 1.23 bits per heavy atom. The standard InChI is InChI=1S/C21H27N5OS3/c1-3-11-25(12-15-9-10-15)19(27)14-28-20-24-23-18(26(20)4-2)13-29-21-22-16-7-5-6-8-17(16)30-21/h5-8,15H,3-4,9-14H2,1-2H3. The van der Waals surface area contributed by atoms with Gasteiger partial charge in [0.15, 0.2) is 9.50 Å². The first-order chi connectivity index (χ1) is 14.7. The fraction of sp³-hybridized carbons (Fsp3) is 0.524. The zero-order chi connectivity index (χ0) is 20.9. The van der Waals surface area contributed by atoms with Crippen LogP contribution in [0.1, 0.15) is 38.9 Å². The molecular weight excluding hydrogens is 434 g/mol. The molecule has 0 N–H and O–H groups in total. The first kappa shape index (κ1) is 21.6. The van der Waals surface area contributed by atoms with E-state index in [2.05, 4.69) is 39.7 Å². The van der Waals surface area contributed by atoms with Crippen LogP contribution in [0.25, 0.3) is 10.2 Å². The molecule has 1 aromatic carbocycles. The van der Waals surface area contributed by atoms with Crippen molar-refractivity contribution in [2.45, 2.75) is 54.9 Å². The van der Waals surface area contributed by atoms with Crippen LogP contribution in [0, 0.1) is 5.92 Å². The Kier molecular flexibility index (Phi) is 7.32. The van der Waals surface area contributed by atoms with Crippen LogP contribution >= 0.6 is 34.9 Å². The molecule has 3 aromatic rings. The van der Waals surface area contributed by atoms with Gasteiger partial charge in [-0.25, -0.2) is 4.98 Å². The van der Waals surface area contributed by atoms with Gasteiger partial charge in [-0.15, -0.1) is 21.5 Å². The predicted molar refractivity (Wildman–Crippen MR) is 125 cm³/mol. The number of hydrogen-bond acceptors (Lipinski definition) is 7. The number of aromatic nitrogens is 4. The first-order valence-corrected chi connectivity index (χ1v) is 13.3. The number of carbonyl (C=O) groups excluding carboxylic acids is 1. The van der Waals surface area contributed by atoms with Crippen molar-refractivity contribution in [2.75, 3.05) is 18.8 Å². The summed E-state index contributed by atoms with van der Waals surface area (Å²) in [6.45, 7) is 6.78. The van der Waals surface area contributed by atoms with E-state index in [0.717, 1.165) is 58.6 Å². The van der Waals surface area contributed by atoms with Gasteiger partial charge in [0.05, 0.1) is 21.7 Å². The van der Waals surface area contributed by atoms with E-state index in [9.17, 15) is 4.79 Å². The van der Waals surface area contributed by atoms with Crippen molar-refractivity contribution in [1.29, 1.82) is 0 Å². The van der Waals surface area contributed by atoms with Crippen molar-refractivity contribution < 1.29 is 4.79 Å². The number of nitrogens with zero attached hydrogens (tertiary/aromatic N) is 5. The topological polar surface area (TPSA) is 63.9 Å². The molecule has 0 saturated heterocycles. The second kappa shape index (κ2) is 10.2. The maximum absolute atomic E-state index is 12.7. The first-order valence-electron chi connectivity index (χ1n) is 10.5. The summed E-state index contributed by atoms with van der Waals surface area (Å²) in [6.07, 6.45) is 3.53. The van der Waals surface area contributed by atoms with Gasteiger partial charge in [0, 0.05) is 19.6 Å². The largest absolute Gasteiger partial charge is 0.342 e. The van der Waals surface area contributed by atoms with E-state index in [1.807, 2.05) is 23.1 Å². The van der Waals surface area contributed by atoms with Crippen molar-refractivity contribution in [1.82, 2.24) is 24.6 Å². The lowest BCUT2D eigenvalue weighted by Crippen LogP contribution is -2.35. The highest BCUT2D eigenvalue weighted by Gasteiger charge is 2.26. The molecule has 2 heterocycles. The second-order valence-corrected chi connectivity index (χ2v) is 10.6. The Balaban J connectivity index is 1.35. The van der Waals surface area contributed by atoms with Crippen molar-refractivity contribution in [3.63, 3.8) is 0 Å². The Morgan fingerprint density at radius 2 is 2.07 bits per heavy atom. The molecule has 0 spiro atoms. The van der Waals surface area contributed by atoms with Crippen LogP contribution in [-0.4, -0.2) is 49.4 Å². The molecule has 160 valence electrons. The van der Waals surface area contributed by atoms with Gasteiger partial charge in [0.2, 0.25) is 5.91 Å². The van der Waals surface area contributed by atoms with Crippen molar-refractivity contribution in [3.05, 3.63) is 30.1 Å². The normalized spacial score (nSPS) is 13.8. The number of para-hydroxylation sites is 1. The molecule has 30 heavy (non-hydrogen) atoms. The van der Waals surface area contributed by atoms with E-state index in [0.29, 0.717) is 5.75 Å².